The lowest BCUT2D eigenvalue weighted by molar-refractivity contribution is -0.160. The topological polar surface area (TPSA) is 188 Å². The maximum absolute atomic E-state index is 12.8. The third-order valence-electron chi connectivity index (χ3n) is 22.5. The summed E-state index contributed by atoms with van der Waals surface area (Å²) in [6.07, 6.45) is 25.0. The molecule has 15 rings (SSSR count). The van der Waals surface area contributed by atoms with Crippen molar-refractivity contribution in [2.75, 3.05) is 33.4 Å². The molecule has 3 aromatic rings. The third-order valence-corrected chi connectivity index (χ3v) is 22.5. The molecule has 4 saturated carbocycles. The molecule has 430 valence electrons. The van der Waals surface area contributed by atoms with E-state index in [9.17, 15) is 25.5 Å². The molecular weight excluding hydrogens is 991 g/mol. The molecule has 0 amide bonds. The zero-order chi connectivity index (χ0) is 54.8. The van der Waals surface area contributed by atoms with E-state index in [0.717, 1.165) is 117 Å². The van der Waals surface area contributed by atoms with Crippen molar-refractivity contribution in [3.8, 4) is 39.9 Å². The number of nitrogens with zero attached hydrogens (tertiary/aromatic N) is 1. The van der Waals surface area contributed by atoms with Crippen LogP contribution in [0.3, 0.4) is 0 Å². The van der Waals surface area contributed by atoms with Crippen molar-refractivity contribution in [2.24, 2.45) is 62.5 Å². The average molecular weight is 1080 g/mol. The van der Waals surface area contributed by atoms with E-state index in [4.69, 9.17) is 29.7 Å². The molecule has 1 saturated heterocycles. The van der Waals surface area contributed by atoms with Crippen molar-refractivity contribution < 1.29 is 44.5 Å². The summed E-state index contributed by atoms with van der Waals surface area (Å²) in [7, 11) is 1.72. The van der Waals surface area contributed by atoms with Crippen LogP contribution in [0.1, 0.15) is 189 Å². The molecule has 4 spiro atoms. The second kappa shape index (κ2) is 22.0. The predicted octanol–water partition coefficient (Wildman–Crippen LogP) is 11.9. The number of aliphatic hydroxyl groups excluding tert-OH is 3. The lowest BCUT2D eigenvalue weighted by atomic mass is 9.55. The first-order valence-electron chi connectivity index (χ1n) is 31.2. The number of aromatic hydroxyl groups is 2. The Bertz CT molecular complexity index is 2770. The number of phenolic OH excluding ortho intramolecular Hbond substituents is 2. The molecular formula is C67H93N3O9. The van der Waals surface area contributed by atoms with Crippen molar-refractivity contribution >= 4 is 5.96 Å². The normalized spacial score (nSPS) is 36.0. The zero-order valence-corrected chi connectivity index (χ0v) is 48.0. The van der Waals surface area contributed by atoms with Gasteiger partial charge in [-0.1, -0.05) is 64.7 Å². The molecule has 5 fully saturated rings. The number of phenols is 2. The number of hydrogen-bond donors (Lipinski definition) is 7. The SMILES string of the molecule is CC[C@@H]1C[C@@H]2C=C[C@H]1C[C@H](O)C[C@@]1(CCC[C@]13CCO[C@]1(CCC4(CCCC4)C1)C3)CN=C(N)NCC[C@H]1[C@@H](CO)CCC[C@H]1Oc1cc(ccc1O)[C@@H]1Oc3cc(OC)c4c(c3C[C@H]1O)[C@@H]2Cc1cc(O)c(CC(C)C)cc1-4. The minimum Gasteiger partial charge on any atom is -0.508 e. The van der Waals surface area contributed by atoms with Crippen LogP contribution in [0.15, 0.2) is 53.5 Å². The first-order chi connectivity index (χ1) is 38.2. The number of nitrogens with one attached hydrogen (secondary N) is 1. The van der Waals surface area contributed by atoms with Crippen LogP contribution in [0.25, 0.3) is 11.1 Å². The third kappa shape index (κ3) is 10.2. The van der Waals surface area contributed by atoms with Gasteiger partial charge in [-0.25, -0.2) is 0 Å². The number of fused-ring (bicyclic) bond motifs is 2. The van der Waals surface area contributed by atoms with E-state index in [-0.39, 0.29) is 64.5 Å². The van der Waals surface area contributed by atoms with Gasteiger partial charge in [0.25, 0.3) is 0 Å². The number of rotatable bonds is 5. The summed E-state index contributed by atoms with van der Waals surface area (Å²) in [5, 5.41) is 62.6. The van der Waals surface area contributed by atoms with Crippen molar-refractivity contribution in [1.29, 1.82) is 0 Å². The molecule has 12 aliphatic rings. The second-order valence-electron chi connectivity index (χ2n) is 27.5. The molecule has 0 radical (unpaired) electrons. The highest BCUT2D eigenvalue weighted by Crippen LogP contribution is 2.68. The van der Waals surface area contributed by atoms with Gasteiger partial charge in [0.05, 0.1) is 24.9 Å². The van der Waals surface area contributed by atoms with Gasteiger partial charge < -0.3 is 55.5 Å². The van der Waals surface area contributed by atoms with E-state index < -0.39 is 18.3 Å². The molecule has 79 heavy (non-hydrogen) atoms. The van der Waals surface area contributed by atoms with E-state index in [1.807, 2.05) is 24.3 Å². The fourth-order valence-electron chi connectivity index (χ4n) is 18.7. The van der Waals surface area contributed by atoms with Crippen LogP contribution in [0.2, 0.25) is 0 Å². The molecule has 0 unspecified atom stereocenters. The van der Waals surface area contributed by atoms with Crippen molar-refractivity contribution in [3.05, 3.63) is 76.4 Å². The monoisotopic (exact) mass is 1080 g/mol. The number of aliphatic hydroxyl groups is 3. The number of allylic oxidation sites excluding steroid dienone is 2. The standard InChI is InChI=1S/C67H93N3O9/c1-5-41-27-43-13-12-42(41)28-48(72)35-66(20-9-19-65(66)23-25-77-67(38-65)22-21-64(37-67)17-6-7-18-64)39-70-63(68)69-24-16-49-45(36-71)10-8-11-56(49)78-58-32-44(14-15-53(58)73)62-55(75)33-52-57(79-62)34-59(76-4)61-51-30-47(26-40(2)3)54(74)31-46(51)29-50(43)60(52)61/h12-15,30-32,34,40-43,45,48-50,55-56,62,71-75H,5-11,16-29,33,35-39H2,1-4H3,(H3,68,69,70)/t41-,42+,43+,45-,48+,49+,50-,55-,56-,62+,65-,66+,67+/m1/s1. The van der Waals surface area contributed by atoms with Crippen LogP contribution in [0, 0.1) is 51.8 Å². The molecule has 3 aromatic carbocycles. The Morgan fingerprint density at radius 3 is 2.44 bits per heavy atom. The lowest BCUT2D eigenvalue weighted by Crippen LogP contribution is -2.52. The van der Waals surface area contributed by atoms with Crippen molar-refractivity contribution in [1.82, 2.24) is 5.32 Å². The van der Waals surface area contributed by atoms with Gasteiger partial charge in [0.15, 0.2) is 17.5 Å². The maximum atomic E-state index is 12.8. The molecule has 13 atom stereocenters. The van der Waals surface area contributed by atoms with Crippen LogP contribution in [-0.2, 0) is 24.0 Å². The smallest absolute Gasteiger partial charge is 0.188 e. The Balaban J connectivity index is 0.942. The van der Waals surface area contributed by atoms with E-state index in [1.54, 1.807) is 13.2 Å². The van der Waals surface area contributed by atoms with Gasteiger partial charge in [-0.05, 0) is 219 Å². The minimum absolute atomic E-state index is 0.00184. The summed E-state index contributed by atoms with van der Waals surface area (Å²) in [6, 6.07) is 11.5. The summed E-state index contributed by atoms with van der Waals surface area (Å²) >= 11 is 0. The zero-order valence-electron chi connectivity index (χ0n) is 48.0. The largest absolute Gasteiger partial charge is 0.508 e. The maximum Gasteiger partial charge on any atom is 0.188 e. The van der Waals surface area contributed by atoms with E-state index in [1.165, 1.54) is 38.5 Å². The average Bonchev–Trinajstić information content (AvgIpc) is 4.23. The molecule has 12 heteroatoms. The summed E-state index contributed by atoms with van der Waals surface area (Å²) in [5.41, 5.74) is 13.9. The minimum atomic E-state index is -0.911. The van der Waals surface area contributed by atoms with E-state index >= 15 is 0 Å². The van der Waals surface area contributed by atoms with E-state index in [0.29, 0.717) is 97.0 Å². The quantitative estimate of drug-likeness (QED) is 0.120. The van der Waals surface area contributed by atoms with Crippen LogP contribution in [-0.4, -0.2) is 88.8 Å². The lowest BCUT2D eigenvalue weighted by Gasteiger charge is -2.54. The number of benzene rings is 3. The number of methoxy groups -OCH3 is 1. The van der Waals surface area contributed by atoms with Gasteiger partial charge in [-0.3, -0.25) is 4.99 Å². The van der Waals surface area contributed by atoms with Crippen molar-refractivity contribution in [2.45, 2.75) is 204 Å². The van der Waals surface area contributed by atoms with Crippen LogP contribution in [0.5, 0.6) is 28.7 Å². The number of nitrogens with two attached hydrogens (primary N) is 1. The van der Waals surface area contributed by atoms with Gasteiger partial charge in [-0.15, -0.1) is 0 Å². The number of guanidine groups is 1. The summed E-state index contributed by atoms with van der Waals surface area (Å²) in [4.78, 5) is 5.29. The number of hydrogen-bond acceptors (Lipinski definition) is 12. The first-order valence-corrected chi connectivity index (χ1v) is 31.2. The second-order valence-corrected chi connectivity index (χ2v) is 27.5. The Kier molecular flexibility index (Phi) is 15.3. The Morgan fingerprint density at radius 2 is 1.65 bits per heavy atom. The summed E-state index contributed by atoms with van der Waals surface area (Å²) in [5.74, 6) is 3.50. The Hall–Kier alpha value is -4.49. The highest BCUT2D eigenvalue weighted by Gasteiger charge is 2.62. The summed E-state index contributed by atoms with van der Waals surface area (Å²) < 4.78 is 27.3. The number of aliphatic imine (C=N–C) groups is 1. The molecule has 8 N–H and O–H groups in total. The van der Waals surface area contributed by atoms with Gasteiger partial charge in [0.1, 0.15) is 29.5 Å². The van der Waals surface area contributed by atoms with E-state index in [2.05, 4.69) is 44.3 Å². The Labute approximate surface area is 470 Å². The van der Waals surface area contributed by atoms with Crippen LogP contribution in [0.4, 0.5) is 0 Å². The highest BCUT2D eigenvalue weighted by molar-refractivity contribution is 5.84. The highest BCUT2D eigenvalue weighted by atomic mass is 16.5. The van der Waals surface area contributed by atoms with Crippen LogP contribution >= 0.6 is 0 Å². The number of ether oxygens (including phenoxy) is 4. The summed E-state index contributed by atoms with van der Waals surface area (Å²) in [6.45, 7) is 8.59. The van der Waals surface area contributed by atoms with Crippen molar-refractivity contribution in [3.63, 3.8) is 0 Å². The molecule has 8 bridgehead atoms. The predicted molar refractivity (Wildman–Crippen MR) is 309 cm³/mol. The first kappa shape index (κ1) is 55.1. The Morgan fingerprint density at radius 1 is 0.823 bits per heavy atom. The molecule has 12 nitrogen and oxygen atoms in total. The molecule has 6 aliphatic heterocycles. The van der Waals surface area contributed by atoms with Gasteiger partial charge in [0, 0.05) is 55.8 Å². The molecule has 6 heterocycles. The molecule has 6 aliphatic carbocycles. The molecule has 0 aromatic heterocycles. The van der Waals surface area contributed by atoms with Gasteiger partial charge in [-0.2, -0.15) is 0 Å². The van der Waals surface area contributed by atoms with Gasteiger partial charge >= 0.3 is 0 Å². The fourth-order valence-corrected chi connectivity index (χ4v) is 18.7. The van der Waals surface area contributed by atoms with Gasteiger partial charge in [0.2, 0.25) is 0 Å². The van der Waals surface area contributed by atoms with Crippen LogP contribution < -0.4 is 25.3 Å². The fraction of sp³-hybridized carbons (Fsp3) is 0.687.